The molecule has 9 heteroatoms. The molecule has 0 saturated carbocycles. The van der Waals surface area contributed by atoms with Gasteiger partial charge in [-0.25, -0.2) is 4.79 Å². The molecule has 0 bridgehead atoms. The predicted octanol–water partition coefficient (Wildman–Crippen LogP) is 3.77. The van der Waals surface area contributed by atoms with Crippen molar-refractivity contribution in [3.05, 3.63) is 28.8 Å². The molecule has 0 unspecified atom stereocenters. The molecule has 2 saturated heterocycles. The van der Waals surface area contributed by atoms with Gasteiger partial charge < -0.3 is 24.3 Å². The molecule has 2 heterocycles. The molecule has 1 N–H and O–H groups in total. The Balaban J connectivity index is 1.64. The Morgan fingerprint density at radius 1 is 1.19 bits per heavy atom. The fourth-order valence-electron chi connectivity index (χ4n) is 3.69. The zero-order valence-corrected chi connectivity index (χ0v) is 20.8. The summed E-state index contributed by atoms with van der Waals surface area (Å²) in [6.45, 7) is 14.5. The zero-order chi connectivity index (χ0) is 23.9. The minimum absolute atomic E-state index is 0.148. The number of benzene rings is 1. The first-order valence-electron chi connectivity index (χ1n) is 11.1. The van der Waals surface area contributed by atoms with Gasteiger partial charge in [-0.2, -0.15) is 0 Å². The molecule has 2 fully saturated rings. The van der Waals surface area contributed by atoms with Crippen LogP contribution in [0.3, 0.4) is 0 Å². The Kier molecular flexibility index (Phi) is 6.90. The van der Waals surface area contributed by atoms with Crippen molar-refractivity contribution in [3.63, 3.8) is 0 Å². The van der Waals surface area contributed by atoms with Crippen LogP contribution in [0.25, 0.3) is 0 Å². The number of likely N-dealkylation sites (tertiary alicyclic amines) is 1. The van der Waals surface area contributed by atoms with Crippen LogP contribution in [0, 0.1) is 0 Å². The Hall–Kier alpha value is -1.77. The Morgan fingerprint density at radius 2 is 1.81 bits per heavy atom. The van der Waals surface area contributed by atoms with E-state index in [9.17, 15) is 9.59 Å². The average molecular weight is 465 g/mol. The summed E-state index contributed by atoms with van der Waals surface area (Å²) in [6, 6.07) is 4.97. The van der Waals surface area contributed by atoms with Crippen LogP contribution >= 0.6 is 11.6 Å². The van der Waals surface area contributed by atoms with E-state index in [4.69, 9.17) is 25.6 Å². The lowest BCUT2D eigenvalue weighted by molar-refractivity contribution is 0.00578. The van der Waals surface area contributed by atoms with E-state index < -0.39 is 23.9 Å². The van der Waals surface area contributed by atoms with Crippen LogP contribution in [0.4, 0.5) is 4.79 Å². The van der Waals surface area contributed by atoms with E-state index in [0.29, 0.717) is 29.1 Å². The summed E-state index contributed by atoms with van der Waals surface area (Å²) in [7, 11) is -0.592. The monoisotopic (exact) mass is 464 g/mol. The highest BCUT2D eigenvalue weighted by atomic mass is 35.5. The van der Waals surface area contributed by atoms with Gasteiger partial charge in [0.2, 0.25) is 0 Å². The summed E-state index contributed by atoms with van der Waals surface area (Å²) >= 11 is 6.50. The third-order valence-corrected chi connectivity index (χ3v) is 6.51. The van der Waals surface area contributed by atoms with Crippen LogP contribution in [0.5, 0.6) is 0 Å². The molecule has 0 spiro atoms. The van der Waals surface area contributed by atoms with Crippen LogP contribution in [0.1, 0.15) is 71.7 Å². The van der Waals surface area contributed by atoms with Crippen molar-refractivity contribution in [1.82, 2.24) is 10.2 Å². The van der Waals surface area contributed by atoms with Crippen molar-refractivity contribution in [2.45, 2.75) is 84.2 Å². The molecule has 7 nitrogen and oxygen atoms in total. The summed E-state index contributed by atoms with van der Waals surface area (Å²) in [5.41, 5.74) is -0.362. The summed E-state index contributed by atoms with van der Waals surface area (Å²) in [6.07, 6.45) is 1.24. The number of nitrogens with one attached hydrogen (secondary N) is 1. The van der Waals surface area contributed by atoms with Crippen molar-refractivity contribution in [2.24, 2.45) is 0 Å². The second kappa shape index (κ2) is 8.88. The number of hydrogen-bond donors (Lipinski definition) is 1. The van der Waals surface area contributed by atoms with E-state index in [1.54, 1.807) is 23.1 Å². The molecular formula is C23H34BClN2O5. The van der Waals surface area contributed by atoms with Gasteiger partial charge in [-0.05, 0) is 73.4 Å². The lowest BCUT2D eigenvalue weighted by atomic mass is 9.78. The van der Waals surface area contributed by atoms with Crippen LogP contribution < -0.4 is 10.8 Å². The number of carbonyl (C=O) groups excluding carboxylic acids is 2. The van der Waals surface area contributed by atoms with Gasteiger partial charge in [-0.3, -0.25) is 4.79 Å². The second-order valence-electron chi connectivity index (χ2n) is 10.6. The van der Waals surface area contributed by atoms with E-state index >= 15 is 0 Å². The molecule has 176 valence electrons. The Morgan fingerprint density at radius 3 is 2.38 bits per heavy atom. The quantitative estimate of drug-likeness (QED) is 0.689. The predicted molar refractivity (Wildman–Crippen MR) is 125 cm³/mol. The molecule has 1 aromatic rings. The van der Waals surface area contributed by atoms with Crippen molar-refractivity contribution >= 4 is 36.2 Å². The molecule has 0 radical (unpaired) electrons. The van der Waals surface area contributed by atoms with Gasteiger partial charge in [0, 0.05) is 35.2 Å². The number of hydrogen-bond acceptors (Lipinski definition) is 5. The van der Waals surface area contributed by atoms with Crippen molar-refractivity contribution in [1.29, 1.82) is 0 Å². The number of amides is 2. The van der Waals surface area contributed by atoms with Gasteiger partial charge in [0.05, 0.1) is 11.2 Å². The summed E-state index contributed by atoms with van der Waals surface area (Å²) in [5.74, 6) is -0.233. The van der Waals surface area contributed by atoms with Gasteiger partial charge >= 0.3 is 13.2 Å². The highest BCUT2D eigenvalue weighted by molar-refractivity contribution is 6.65. The number of halogens is 1. The maximum absolute atomic E-state index is 12.8. The fourth-order valence-corrected chi connectivity index (χ4v) is 3.96. The lowest BCUT2D eigenvalue weighted by Crippen LogP contribution is -2.50. The smallest absolute Gasteiger partial charge is 0.444 e. The van der Waals surface area contributed by atoms with Gasteiger partial charge in [0.15, 0.2) is 0 Å². The van der Waals surface area contributed by atoms with E-state index in [1.165, 1.54) is 0 Å². The maximum atomic E-state index is 12.8. The summed E-state index contributed by atoms with van der Waals surface area (Å²) in [4.78, 5) is 26.9. The normalized spacial score (nSPS) is 22.6. The topological polar surface area (TPSA) is 77.1 Å². The van der Waals surface area contributed by atoms with Crippen LogP contribution in [-0.2, 0) is 14.0 Å². The van der Waals surface area contributed by atoms with Gasteiger partial charge in [-0.1, -0.05) is 17.7 Å². The molecule has 3 rings (SSSR count). The number of carbonyl (C=O) groups is 2. The molecular weight excluding hydrogens is 431 g/mol. The van der Waals surface area contributed by atoms with Crippen molar-refractivity contribution in [3.8, 4) is 0 Å². The zero-order valence-electron chi connectivity index (χ0n) is 20.1. The second-order valence-corrected chi connectivity index (χ2v) is 11.0. The molecule has 2 aliphatic rings. The SMILES string of the molecule is CC(C)(C)OC(=O)N1CCC[C@H](NC(=O)c2ccc(B3OC(C)(C)C(C)(C)O3)c(Cl)c2)C1. The van der Waals surface area contributed by atoms with Gasteiger partial charge in [0.1, 0.15) is 5.60 Å². The molecule has 1 atom stereocenters. The van der Waals surface area contributed by atoms with Crippen molar-refractivity contribution in [2.75, 3.05) is 13.1 Å². The minimum Gasteiger partial charge on any atom is -0.444 e. The molecule has 32 heavy (non-hydrogen) atoms. The van der Waals surface area contributed by atoms with Gasteiger partial charge in [0.25, 0.3) is 5.91 Å². The van der Waals surface area contributed by atoms with E-state index in [1.807, 2.05) is 48.5 Å². The fraction of sp³-hybridized carbons (Fsp3) is 0.652. The molecule has 2 aliphatic heterocycles. The third kappa shape index (κ3) is 5.59. The number of piperidine rings is 1. The highest BCUT2D eigenvalue weighted by Crippen LogP contribution is 2.37. The lowest BCUT2D eigenvalue weighted by Gasteiger charge is -2.34. The summed E-state index contributed by atoms with van der Waals surface area (Å²) in [5, 5.41) is 3.43. The van der Waals surface area contributed by atoms with E-state index in [2.05, 4.69) is 5.32 Å². The Labute approximate surface area is 196 Å². The molecule has 0 aliphatic carbocycles. The summed E-state index contributed by atoms with van der Waals surface area (Å²) < 4.78 is 17.6. The first kappa shape index (κ1) is 24.9. The number of ether oxygens (including phenoxy) is 1. The Bertz CT molecular complexity index is 868. The first-order chi connectivity index (χ1) is 14.7. The van der Waals surface area contributed by atoms with Crippen molar-refractivity contribution < 1.29 is 23.6 Å². The third-order valence-electron chi connectivity index (χ3n) is 6.18. The maximum Gasteiger partial charge on any atom is 0.496 e. The van der Waals surface area contributed by atoms with Crippen LogP contribution in [0.15, 0.2) is 18.2 Å². The van der Waals surface area contributed by atoms with E-state index in [0.717, 1.165) is 12.8 Å². The van der Waals surface area contributed by atoms with Crippen LogP contribution in [-0.4, -0.2) is 60.0 Å². The average Bonchev–Trinajstić information content (AvgIpc) is 2.87. The highest BCUT2D eigenvalue weighted by Gasteiger charge is 2.52. The largest absolute Gasteiger partial charge is 0.496 e. The standard InChI is InChI=1S/C23H34BClN2O5/c1-21(2,3)30-20(29)27-12-8-9-16(14-27)26-19(28)15-10-11-17(18(25)13-15)24-31-22(4,5)23(6,7)32-24/h10-11,13,16H,8-9,12,14H2,1-7H3,(H,26,28)/t16-/m0/s1. The van der Waals surface area contributed by atoms with Crippen LogP contribution in [0.2, 0.25) is 5.02 Å². The molecule has 2 amide bonds. The number of nitrogens with zero attached hydrogens (tertiary/aromatic N) is 1. The molecule has 0 aromatic heterocycles. The van der Waals surface area contributed by atoms with E-state index in [-0.39, 0.29) is 18.0 Å². The van der Waals surface area contributed by atoms with Gasteiger partial charge in [-0.15, -0.1) is 0 Å². The minimum atomic E-state index is -0.592. The first-order valence-corrected chi connectivity index (χ1v) is 11.5. The molecule has 1 aromatic carbocycles. The number of rotatable bonds is 3.